The van der Waals surface area contributed by atoms with Crippen molar-refractivity contribution in [1.29, 1.82) is 0 Å². The van der Waals surface area contributed by atoms with Crippen LogP contribution in [-0.2, 0) is 9.47 Å². The molecular weight excluding hydrogens is 522 g/mol. The fraction of sp³-hybridized carbons (Fsp3) is 0.733. The molecule has 3 fully saturated rings. The summed E-state index contributed by atoms with van der Waals surface area (Å²) in [5.74, 6) is 0.743. The third-order valence-corrected chi connectivity index (χ3v) is 8.81. The molecule has 0 radical (unpaired) electrons. The molecule has 0 heterocycles. The molecule has 39 heavy (non-hydrogen) atoms. The topological polar surface area (TPSA) is 27.7 Å². The van der Waals surface area contributed by atoms with Crippen LogP contribution < -0.4 is 4.74 Å². The highest BCUT2D eigenvalue weighted by molar-refractivity contribution is 5.31. The van der Waals surface area contributed by atoms with Gasteiger partial charge in [-0.15, -0.1) is 13.2 Å². The Morgan fingerprint density at radius 3 is 1.95 bits per heavy atom. The molecule has 1 aromatic carbocycles. The fourth-order valence-corrected chi connectivity index (χ4v) is 6.81. The zero-order chi connectivity index (χ0) is 28.0. The summed E-state index contributed by atoms with van der Waals surface area (Å²) in [7, 11) is 0. The van der Waals surface area contributed by atoms with Gasteiger partial charge >= 0.3 is 12.5 Å². The minimum Gasteiger partial charge on any atom is -0.431 e. The summed E-state index contributed by atoms with van der Waals surface area (Å²) in [6.45, 7) is 1.16. The molecular formula is C30H40F6O3. The monoisotopic (exact) mass is 562 g/mol. The van der Waals surface area contributed by atoms with E-state index >= 15 is 0 Å². The lowest BCUT2D eigenvalue weighted by Crippen LogP contribution is -2.35. The van der Waals surface area contributed by atoms with E-state index in [9.17, 15) is 26.3 Å². The average molecular weight is 563 g/mol. The van der Waals surface area contributed by atoms with E-state index in [1.807, 2.05) is 0 Å². The number of benzene rings is 1. The minimum absolute atomic E-state index is 0.150. The highest BCUT2D eigenvalue weighted by Gasteiger charge is 2.37. The second-order valence-electron chi connectivity index (χ2n) is 11.5. The fourth-order valence-electron chi connectivity index (χ4n) is 6.81. The predicted octanol–water partition coefficient (Wildman–Crippen LogP) is 9.32. The maximum absolute atomic E-state index is 14.7. The summed E-state index contributed by atoms with van der Waals surface area (Å²) in [5, 5.41) is 0. The normalized spacial score (nSPS) is 30.9. The summed E-state index contributed by atoms with van der Waals surface area (Å²) in [6.07, 6.45) is 4.34. The van der Waals surface area contributed by atoms with Crippen molar-refractivity contribution in [2.24, 2.45) is 17.8 Å². The molecule has 0 bridgehead atoms. The van der Waals surface area contributed by atoms with Gasteiger partial charge in [0.05, 0.1) is 12.2 Å². The summed E-state index contributed by atoms with van der Waals surface area (Å²) < 4.78 is 95.4. The summed E-state index contributed by atoms with van der Waals surface area (Å²) in [6, 6.07) is 3.57. The Labute approximate surface area is 227 Å². The van der Waals surface area contributed by atoms with Crippen molar-refractivity contribution in [1.82, 2.24) is 0 Å². The lowest BCUT2D eigenvalue weighted by atomic mass is 9.70. The largest absolute Gasteiger partial charge is 0.522 e. The quantitative estimate of drug-likeness (QED) is 0.222. The zero-order valence-electron chi connectivity index (χ0n) is 22.5. The van der Waals surface area contributed by atoms with Gasteiger partial charge in [-0.3, -0.25) is 4.74 Å². The third kappa shape index (κ3) is 9.13. The van der Waals surface area contributed by atoms with Crippen LogP contribution in [0.3, 0.4) is 0 Å². The number of alkyl halides is 5. The van der Waals surface area contributed by atoms with Crippen LogP contribution in [0.5, 0.6) is 5.75 Å². The second kappa shape index (κ2) is 13.3. The molecule has 0 N–H and O–H groups in total. The van der Waals surface area contributed by atoms with E-state index in [4.69, 9.17) is 9.47 Å². The Hall–Kier alpha value is -1.74. The van der Waals surface area contributed by atoms with Crippen molar-refractivity contribution in [2.45, 2.75) is 115 Å². The van der Waals surface area contributed by atoms with Crippen LogP contribution in [0.4, 0.5) is 26.3 Å². The van der Waals surface area contributed by atoms with Crippen LogP contribution >= 0.6 is 0 Å². The van der Waals surface area contributed by atoms with Gasteiger partial charge in [0, 0.05) is 6.07 Å². The van der Waals surface area contributed by atoms with Crippen LogP contribution in [0.25, 0.3) is 0 Å². The van der Waals surface area contributed by atoms with Crippen LogP contribution in [-0.4, -0.2) is 31.3 Å². The van der Waals surface area contributed by atoms with Crippen LogP contribution in [0.1, 0.15) is 95.5 Å². The van der Waals surface area contributed by atoms with Gasteiger partial charge in [-0.1, -0.05) is 18.2 Å². The number of hydrogen-bond donors (Lipinski definition) is 0. The van der Waals surface area contributed by atoms with Crippen molar-refractivity contribution in [3.8, 4) is 5.75 Å². The van der Waals surface area contributed by atoms with Crippen LogP contribution in [0, 0.1) is 23.6 Å². The lowest BCUT2D eigenvalue weighted by molar-refractivity contribution is -0.345. The summed E-state index contributed by atoms with van der Waals surface area (Å²) >= 11 is 0. The molecule has 0 spiro atoms. The number of ether oxygens (including phenoxy) is 3. The van der Waals surface area contributed by atoms with Gasteiger partial charge in [0.25, 0.3) is 0 Å². The molecule has 4 rings (SSSR count). The molecule has 0 aromatic heterocycles. The number of allylic oxidation sites excluding steroid dienone is 2. The highest BCUT2D eigenvalue weighted by atomic mass is 19.4. The minimum atomic E-state index is -4.69. The first-order chi connectivity index (χ1) is 18.5. The van der Waals surface area contributed by atoms with Gasteiger partial charge in [0.2, 0.25) is 0 Å². The lowest BCUT2D eigenvalue weighted by Gasteiger charge is -2.37. The molecule has 3 nitrogen and oxygen atoms in total. The predicted molar refractivity (Wildman–Crippen MR) is 136 cm³/mol. The van der Waals surface area contributed by atoms with Crippen molar-refractivity contribution in [3.63, 3.8) is 0 Å². The van der Waals surface area contributed by atoms with E-state index in [0.29, 0.717) is 30.2 Å². The maximum atomic E-state index is 14.7. The maximum Gasteiger partial charge on any atom is 0.522 e. The van der Waals surface area contributed by atoms with E-state index in [1.54, 1.807) is 0 Å². The standard InChI is InChI=1S/C30H40F6O3/c1-2-3-20-4-6-21(7-5-20)22-8-12-24(13-9-22)37-19-29(32,33)38-26-16-17-27(28(31)18-26)23-10-14-25(15-11-23)39-30(34,35)36/h2-3,16-18,20-25H,4-15,19H2,1H3. The molecule has 3 aliphatic rings. The van der Waals surface area contributed by atoms with Gasteiger partial charge < -0.3 is 9.47 Å². The van der Waals surface area contributed by atoms with Crippen LogP contribution in [0.15, 0.2) is 30.4 Å². The molecule has 1 aromatic rings. The van der Waals surface area contributed by atoms with E-state index in [-0.39, 0.29) is 30.6 Å². The SMILES string of the molecule is CC=CC1CCC(C2CCC(OCC(F)(F)Oc3ccc(C4CCC(OC(F)(F)F)CC4)c(F)c3)CC2)CC1. The molecule has 0 unspecified atom stereocenters. The van der Waals surface area contributed by atoms with Crippen molar-refractivity contribution in [3.05, 3.63) is 41.7 Å². The number of rotatable bonds is 9. The molecule has 0 saturated heterocycles. The van der Waals surface area contributed by atoms with Gasteiger partial charge in [-0.2, -0.15) is 8.78 Å². The Morgan fingerprint density at radius 1 is 0.795 bits per heavy atom. The second-order valence-corrected chi connectivity index (χ2v) is 11.5. The molecule has 220 valence electrons. The van der Waals surface area contributed by atoms with Crippen molar-refractivity contribution < 1.29 is 40.6 Å². The number of halogens is 6. The van der Waals surface area contributed by atoms with Crippen LogP contribution in [0.2, 0.25) is 0 Å². The Morgan fingerprint density at radius 2 is 1.38 bits per heavy atom. The first kappa shape index (κ1) is 30.2. The average Bonchev–Trinajstić information content (AvgIpc) is 2.88. The zero-order valence-corrected chi connectivity index (χ0v) is 22.5. The van der Waals surface area contributed by atoms with E-state index < -0.39 is 31.0 Å². The molecule has 0 atom stereocenters. The third-order valence-electron chi connectivity index (χ3n) is 8.81. The molecule has 0 amide bonds. The number of hydrogen-bond acceptors (Lipinski definition) is 3. The first-order valence-electron chi connectivity index (χ1n) is 14.4. The molecule has 3 aliphatic carbocycles. The van der Waals surface area contributed by atoms with E-state index in [1.165, 1.54) is 37.8 Å². The van der Waals surface area contributed by atoms with E-state index in [2.05, 4.69) is 23.8 Å². The Balaban J connectivity index is 1.19. The Bertz CT molecular complexity index is 925. The van der Waals surface area contributed by atoms with Gasteiger partial charge in [-0.25, -0.2) is 4.39 Å². The summed E-state index contributed by atoms with van der Waals surface area (Å²) in [5.41, 5.74) is 0.291. The van der Waals surface area contributed by atoms with E-state index in [0.717, 1.165) is 37.7 Å². The smallest absolute Gasteiger partial charge is 0.431 e. The summed E-state index contributed by atoms with van der Waals surface area (Å²) in [4.78, 5) is 0. The molecule has 0 aliphatic heterocycles. The van der Waals surface area contributed by atoms with Gasteiger partial charge in [0.1, 0.15) is 11.6 Å². The van der Waals surface area contributed by atoms with Gasteiger partial charge in [-0.05, 0) is 119 Å². The van der Waals surface area contributed by atoms with Gasteiger partial charge in [0.15, 0.2) is 6.61 Å². The first-order valence-corrected chi connectivity index (χ1v) is 14.4. The molecule has 9 heteroatoms. The Kier molecular flexibility index (Phi) is 10.3. The van der Waals surface area contributed by atoms with Crippen molar-refractivity contribution in [2.75, 3.05) is 6.61 Å². The molecule has 3 saturated carbocycles. The van der Waals surface area contributed by atoms with Crippen molar-refractivity contribution >= 4 is 0 Å². The highest BCUT2D eigenvalue weighted by Crippen LogP contribution is 2.41.